The number of rotatable bonds is 5. The van der Waals surface area contributed by atoms with E-state index in [-0.39, 0.29) is 0 Å². The fourth-order valence-electron chi connectivity index (χ4n) is 0.668. The smallest absolute Gasteiger partial charge is 0.114 e. The summed E-state index contributed by atoms with van der Waals surface area (Å²) in [6.07, 6.45) is 2.96. The van der Waals surface area contributed by atoms with Gasteiger partial charge >= 0.3 is 0 Å². The van der Waals surface area contributed by atoms with Gasteiger partial charge in [0.05, 0.1) is 7.11 Å². The molecule has 0 saturated carbocycles. The maximum atomic E-state index is 4.94. The molecule has 0 unspecified atom stereocenters. The third kappa shape index (κ3) is 4.62. The second kappa shape index (κ2) is 5.98. The van der Waals surface area contributed by atoms with E-state index < -0.39 is 0 Å². The van der Waals surface area contributed by atoms with Crippen LogP contribution in [0.25, 0.3) is 0 Å². The zero-order valence-corrected chi connectivity index (χ0v) is 7.52. The number of hydrogen-bond acceptors (Lipinski definition) is 2. The first-order valence-electron chi connectivity index (χ1n) is 3.61. The highest BCUT2D eigenvalue weighted by Gasteiger charge is 1.92. The summed E-state index contributed by atoms with van der Waals surface area (Å²) in [5.74, 6) is 0.723. The molecule has 0 aliphatic heterocycles. The van der Waals surface area contributed by atoms with Gasteiger partial charge in [-0.05, 0) is 18.9 Å². The van der Waals surface area contributed by atoms with Crippen LogP contribution in [0.5, 0.6) is 0 Å². The molecule has 0 fully saturated rings. The van der Waals surface area contributed by atoms with E-state index in [4.69, 9.17) is 9.47 Å². The predicted molar refractivity (Wildman–Crippen MR) is 46.4 cm³/mol. The normalized spacial score (nSPS) is 11.4. The van der Waals surface area contributed by atoms with Gasteiger partial charge in [-0.1, -0.05) is 12.7 Å². The lowest BCUT2D eigenvalue weighted by Gasteiger charge is -2.03. The fourth-order valence-corrected chi connectivity index (χ4v) is 0.668. The van der Waals surface area contributed by atoms with Crippen molar-refractivity contribution in [3.63, 3.8) is 0 Å². The molecule has 0 N–H and O–H groups in total. The van der Waals surface area contributed by atoms with Crippen LogP contribution in [0.1, 0.15) is 13.3 Å². The van der Waals surface area contributed by atoms with E-state index in [1.54, 1.807) is 14.2 Å². The average Bonchev–Trinajstić information content (AvgIpc) is 2.03. The molecule has 0 bridgehead atoms. The summed E-state index contributed by atoms with van der Waals surface area (Å²) in [6.45, 7) is 6.44. The molecule has 2 nitrogen and oxygen atoms in total. The van der Waals surface area contributed by atoms with Crippen molar-refractivity contribution in [3.05, 3.63) is 24.0 Å². The van der Waals surface area contributed by atoms with Crippen LogP contribution in [0.15, 0.2) is 24.0 Å². The lowest BCUT2D eigenvalue weighted by atomic mass is 10.2. The van der Waals surface area contributed by atoms with E-state index in [1.807, 2.05) is 6.92 Å². The third-order valence-corrected chi connectivity index (χ3v) is 1.46. The van der Waals surface area contributed by atoms with E-state index in [2.05, 4.69) is 12.7 Å². The van der Waals surface area contributed by atoms with Crippen LogP contribution in [-0.4, -0.2) is 20.8 Å². The maximum absolute atomic E-state index is 4.94. The van der Waals surface area contributed by atoms with Crippen LogP contribution in [0.4, 0.5) is 0 Å². The van der Waals surface area contributed by atoms with Gasteiger partial charge in [0, 0.05) is 13.7 Å². The highest BCUT2D eigenvalue weighted by atomic mass is 16.5. The van der Waals surface area contributed by atoms with Crippen LogP contribution in [-0.2, 0) is 9.47 Å². The Kier molecular flexibility index (Phi) is 5.57. The molecule has 0 saturated heterocycles. The van der Waals surface area contributed by atoms with E-state index in [1.165, 1.54) is 0 Å². The molecule has 0 aromatic rings. The van der Waals surface area contributed by atoms with E-state index in [0.29, 0.717) is 0 Å². The van der Waals surface area contributed by atoms with Gasteiger partial charge in [0.2, 0.25) is 0 Å². The first-order valence-corrected chi connectivity index (χ1v) is 3.61. The number of ether oxygens (including phenoxy) is 2. The Morgan fingerprint density at radius 2 is 2.09 bits per heavy atom. The molecule has 0 atom stereocenters. The zero-order chi connectivity index (χ0) is 8.69. The molecule has 0 aromatic carbocycles. The summed E-state index contributed by atoms with van der Waals surface area (Å²) in [5.41, 5.74) is 1.07. The van der Waals surface area contributed by atoms with Crippen LogP contribution < -0.4 is 0 Å². The predicted octanol–water partition coefficient (Wildman–Crippen LogP) is 2.13. The zero-order valence-electron chi connectivity index (χ0n) is 7.52. The molecule has 2 heteroatoms. The molecule has 0 radical (unpaired) electrons. The Bertz CT molecular complexity index is 148. The van der Waals surface area contributed by atoms with Crippen LogP contribution in [0.3, 0.4) is 0 Å². The molecule has 0 amide bonds. The molecular formula is C9H16O2. The number of hydrogen-bond donors (Lipinski definition) is 0. The largest absolute Gasteiger partial charge is 0.497 e. The Labute approximate surface area is 68.5 Å². The minimum Gasteiger partial charge on any atom is -0.497 e. The summed E-state index contributed by atoms with van der Waals surface area (Å²) < 4.78 is 9.83. The lowest BCUT2D eigenvalue weighted by molar-refractivity contribution is 0.204. The minimum absolute atomic E-state index is 0.723. The molecule has 0 aliphatic rings. The van der Waals surface area contributed by atoms with Gasteiger partial charge in [-0.15, -0.1) is 0 Å². The van der Waals surface area contributed by atoms with Crippen molar-refractivity contribution in [3.8, 4) is 0 Å². The topological polar surface area (TPSA) is 18.5 Å². The summed E-state index contributed by atoms with van der Waals surface area (Å²) >= 11 is 0. The first kappa shape index (κ1) is 10.2. The first-order chi connectivity index (χ1) is 5.22. The average molecular weight is 156 g/mol. The van der Waals surface area contributed by atoms with Crippen molar-refractivity contribution < 1.29 is 9.47 Å². The van der Waals surface area contributed by atoms with Gasteiger partial charge in [-0.3, -0.25) is 0 Å². The maximum Gasteiger partial charge on any atom is 0.114 e. The minimum atomic E-state index is 0.723. The van der Waals surface area contributed by atoms with Crippen LogP contribution >= 0.6 is 0 Å². The number of allylic oxidation sites excluding steroid dienone is 1. The molecule has 0 spiro atoms. The quantitative estimate of drug-likeness (QED) is 0.345. The van der Waals surface area contributed by atoms with E-state index in [9.17, 15) is 0 Å². The molecule has 0 aromatic heterocycles. The van der Waals surface area contributed by atoms with Crippen LogP contribution in [0, 0.1) is 0 Å². The summed E-state index contributed by atoms with van der Waals surface area (Å²) in [4.78, 5) is 0. The Morgan fingerprint density at radius 3 is 2.55 bits per heavy atom. The van der Waals surface area contributed by atoms with Gasteiger partial charge < -0.3 is 9.47 Å². The van der Waals surface area contributed by atoms with Crippen molar-refractivity contribution in [2.45, 2.75) is 13.3 Å². The third-order valence-electron chi connectivity index (χ3n) is 1.46. The monoisotopic (exact) mass is 156 g/mol. The second-order valence-corrected chi connectivity index (χ2v) is 2.30. The molecular weight excluding hydrogens is 140 g/mol. The SMILES string of the molecule is C=C(OC)C(C)=CCCOC. The van der Waals surface area contributed by atoms with Gasteiger partial charge in [0.25, 0.3) is 0 Å². The van der Waals surface area contributed by atoms with Crippen molar-refractivity contribution >= 4 is 0 Å². The molecule has 11 heavy (non-hydrogen) atoms. The highest BCUT2D eigenvalue weighted by molar-refractivity contribution is 5.20. The van der Waals surface area contributed by atoms with Crippen molar-refractivity contribution in [1.29, 1.82) is 0 Å². The van der Waals surface area contributed by atoms with Crippen molar-refractivity contribution in [2.75, 3.05) is 20.8 Å². The van der Waals surface area contributed by atoms with Crippen molar-refractivity contribution in [1.82, 2.24) is 0 Å². The summed E-state index contributed by atoms with van der Waals surface area (Å²) in [5, 5.41) is 0. The van der Waals surface area contributed by atoms with E-state index in [0.717, 1.165) is 24.4 Å². The highest BCUT2D eigenvalue weighted by Crippen LogP contribution is 2.07. The Balaban J connectivity index is 3.71. The second-order valence-electron chi connectivity index (χ2n) is 2.30. The molecule has 0 aliphatic carbocycles. The van der Waals surface area contributed by atoms with Gasteiger partial charge in [0.1, 0.15) is 5.76 Å². The molecule has 64 valence electrons. The molecule has 0 rings (SSSR count). The Hall–Kier alpha value is -0.760. The number of methoxy groups -OCH3 is 2. The van der Waals surface area contributed by atoms with Crippen molar-refractivity contribution in [2.24, 2.45) is 0 Å². The fraction of sp³-hybridized carbons (Fsp3) is 0.556. The van der Waals surface area contributed by atoms with E-state index >= 15 is 0 Å². The van der Waals surface area contributed by atoms with Gasteiger partial charge in [-0.2, -0.15) is 0 Å². The summed E-state index contributed by atoms with van der Waals surface area (Å²) in [7, 11) is 3.31. The standard InChI is InChI=1S/C9H16O2/c1-8(9(2)11-4)6-5-7-10-3/h6H,2,5,7H2,1,3-4H3. The lowest BCUT2D eigenvalue weighted by Crippen LogP contribution is -1.89. The Morgan fingerprint density at radius 1 is 1.45 bits per heavy atom. The van der Waals surface area contributed by atoms with Gasteiger partial charge in [0.15, 0.2) is 0 Å². The van der Waals surface area contributed by atoms with Gasteiger partial charge in [-0.25, -0.2) is 0 Å². The summed E-state index contributed by atoms with van der Waals surface area (Å²) in [6, 6.07) is 0. The molecule has 0 heterocycles. The van der Waals surface area contributed by atoms with Crippen LogP contribution in [0.2, 0.25) is 0 Å².